The van der Waals surface area contributed by atoms with Crippen LogP contribution < -0.4 is 10.2 Å². The summed E-state index contributed by atoms with van der Waals surface area (Å²) in [5, 5.41) is 11.7. The van der Waals surface area contributed by atoms with E-state index >= 15 is 0 Å². The van der Waals surface area contributed by atoms with Gasteiger partial charge in [0.1, 0.15) is 0 Å². The van der Waals surface area contributed by atoms with Crippen molar-refractivity contribution in [3.63, 3.8) is 0 Å². The second kappa shape index (κ2) is 8.46. The fourth-order valence-corrected chi connectivity index (χ4v) is 4.99. The first kappa shape index (κ1) is 22.7. The number of hydrogen-bond acceptors (Lipinski definition) is 5. The van der Waals surface area contributed by atoms with Gasteiger partial charge in [0.25, 0.3) is 5.91 Å². The number of piperidine rings is 1. The summed E-state index contributed by atoms with van der Waals surface area (Å²) in [6, 6.07) is 8.51. The minimum atomic E-state index is -4.62. The van der Waals surface area contributed by atoms with Gasteiger partial charge in [0.05, 0.1) is 29.4 Å². The van der Waals surface area contributed by atoms with Crippen LogP contribution in [0.15, 0.2) is 41.0 Å². The first-order valence-corrected chi connectivity index (χ1v) is 10.6. The second-order valence-corrected chi connectivity index (χ2v) is 8.52. The maximum absolute atomic E-state index is 13.4. The van der Waals surface area contributed by atoms with Crippen LogP contribution in [0.5, 0.6) is 0 Å². The summed E-state index contributed by atoms with van der Waals surface area (Å²) in [5.41, 5.74) is -1.46. The normalized spacial score (nSPS) is 20.0. The maximum atomic E-state index is 13.4. The predicted octanol–water partition coefficient (Wildman–Crippen LogP) is 3.27. The Morgan fingerprint density at radius 3 is 2.55 bits per heavy atom. The van der Waals surface area contributed by atoms with Crippen molar-refractivity contribution in [3.05, 3.63) is 53.5 Å². The van der Waals surface area contributed by atoms with Crippen LogP contribution in [0.25, 0.3) is 0 Å². The summed E-state index contributed by atoms with van der Waals surface area (Å²) in [6.07, 6.45) is -2.14. The number of benzene rings is 1. The van der Waals surface area contributed by atoms with Gasteiger partial charge in [-0.3, -0.25) is 9.59 Å². The van der Waals surface area contributed by atoms with E-state index in [1.807, 2.05) is 4.90 Å². The summed E-state index contributed by atoms with van der Waals surface area (Å²) in [4.78, 5) is 29.0. The number of hydrogen-bond donors (Lipinski definition) is 1. The number of anilines is 1. The molecule has 2 amide bonds. The fraction of sp³-hybridized carbons (Fsp3) is 0.435. The number of nitrogens with zero attached hydrogens (tertiary/aromatic N) is 3. The van der Waals surface area contributed by atoms with Gasteiger partial charge in [0.2, 0.25) is 5.91 Å². The van der Waals surface area contributed by atoms with Crippen molar-refractivity contribution in [1.29, 1.82) is 5.26 Å². The summed E-state index contributed by atoms with van der Waals surface area (Å²) in [5.74, 6) is -0.654. The van der Waals surface area contributed by atoms with Crippen LogP contribution in [0.3, 0.4) is 0 Å². The third kappa shape index (κ3) is 4.15. The molecular weight excluding hydrogens is 437 g/mol. The predicted molar refractivity (Wildman–Crippen MR) is 112 cm³/mol. The van der Waals surface area contributed by atoms with E-state index in [9.17, 15) is 22.8 Å². The molecule has 1 aromatic heterocycles. The topological polar surface area (TPSA) is 89.6 Å². The number of amides is 2. The zero-order chi connectivity index (χ0) is 23.8. The molecule has 0 radical (unpaired) electrons. The van der Waals surface area contributed by atoms with Gasteiger partial charge in [-0.15, -0.1) is 0 Å². The minimum absolute atomic E-state index is 0.157. The molecule has 3 heterocycles. The third-order valence-electron chi connectivity index (χ3n) is 6.78. The van der Waals surface area contributed by atoms with E-state index in [-0.39, 0.29) is 24.1 Å². The molecule has 174 valence electrons. The highest BCUT2D eigenvalue weighted by Crippen LogP contribution is 2.46. The molecule has 1 atom stereocenters. The van der Waals surface area contributed by atoms with E-state index in [4.69, 9.17) is 9.68 Å². The number of nitriles is 1. The van der Waals surface area contributed by atoms with E-state index in [0.717, 1.165) is 6.07 Å². The Labute approximate surface area is 188 Å². The van der Waals surface area contributed by atoms with Gasteiger partial charge in [-0.2, -0.15) is 18.4 Å². The van der Waals surface area contributed by atoms with Crippen LogP contribution >= 0.6 is 0 Å². The van der Waals surface area contributed by atoms with Gasteiger partial charge >= 0.3 is 6.18 Å². The first-order valence-electron chi connectivity index (χ1n) is 10.6. The number of likely N-dealkylation sites (tertiary alicyclic amines) is 1. The Morgan fingerprint density at radius 2 is 1.97 bits per heavy atom. The Balaban J connectivity index is 1.55. The summed E-state index contributed by atoms with van der Waals surface area (Å²) in [6.45, 7) is 1.49. The monoisotopic (exact) mass is 460 g/mol. The molecule has 0 aliphatic carbocycles. The Morgan fingerprint density at radius 1 is 1.24 bits per heavy atom. The van der Waals surface area contributed by atoms with E-state index in [0.29, 0.717) is 38.2 Å². The van der Waals surface area contributed by atoms with Gasteiger partial charge in [-0.05, 0) is 43.2 Å². The van der Waals surface area contributed by atoms with E-state index in [2.05, 4.69) is 5.32 Å². The number of alkyl halides is 3. The number of carbonyl (C=O) groups excluding carboxylic acids is 2. The van der Waals surface area contributed by atoms with Crippen LogP contribution in [0.4, 0.5) is 18.9 Å². The average molecular weight is 460 g/mol. The summed E-state index contributed by atoms with van der Waals surface area (Å²) in [7, 11) is 1.55. The summed E-state index contributed by atoms with van der Waals surface area (Å²) < 4.78 is 45.4. The lowest BCUT2D eigenvalue weighted by molar-refractivity contribution is -0.137. The SMILES string of the molecule is CNC(=O)C1CN(C(=O)c2ccco2)CC12CCN(c1ccc(C#N)c(C(F)(F)F)c1)CC2. The smallest absolute Gasteiger partial charge is 0.417 e. The van der Waals surface area contributed by atoms with Crippen LogP contribution in [0, 0.1) is 22.7 Å². The molecule has 1 spiro atoms. The van der Waals surface area contributed by atoms with Crippen molar-refractivity contribution < 1.29 is 27.2 Å². The molecule has 10 heteroatoms. The molecule has 1 aromatic carbocycles. The van der Waals surface area contributed by atoms with Gasteiger partial charge < -0.3 is 19.5 Å². The van der Waals surface area contributed by atoms with Gasteiger partial charge in [-0.1, -0.05) is 0 Å². The molecule has 2 aliphatic rings. The van der Waals surface area contributed by atoms with Crippen LogP contribution in [-0.4, -0.2) is 49.9 Å². The van der Waals surface area contributed by atoms with Crippen LogP contribution in [-0.2, 0) is 11.0 Å². The highest BCUT2D eigenvalue weighted by Gasteiger charge is 2.52. The van der Waals surface area contributed by atoms with Crippen LogP contribution in [0.2, 0.25) is 0 Å². The molecule has 2 fully saturated rings. The minimum Gasteiger partial charge on any atom is -0.459 e. The molecule has 7 nitrogen and oxygen atoms in total. The number of nitrogens with one attached hydrogen (secondary N) is 1. The van der Waals surface area contributed by atoms with Crippen LogP contribution in [0.1, 0.15) is 34.5 Å². The van der Waals surface area contributed by atoms with E-state index in [1.54, 1.807) is 30.1 Å². The number of furan rings is 1. The Hall–Kier alpha value is -3.48. The lowest BCUT2D eigenvalue weighted by Crippen LogP contribution is -2.48. The molecule has 2 aliphatic heterocycles. The highest BCUT2D eigenvalue weighted by atomic mass is 19.4. The van der Waals surface area contributed by atoms with Crippen molar-refractivity contribution >= 4 is 17.5 Å². The first-order chi connectivity index (χ1) is 15.7. The molecule has 0 bridgehead atoms. The average Bonchev–Trinajstić information content (AvgIpc) is 3.47. The fourth-order valence-electron chi connectivity index (χ4n) is 4.99. The standard InChI is InChI=1S/C23H23F3N4O3/c1-28-20(31)18-13-30(21(32)19-3-2-10-33-19)14-22(18)6-8-29(9-7-22)16-5-4-15(12-27)17(11-16)23(24,25)26/h2-5,10-11,18H,6-9,13-14H2,1H3,(H,28,31). The van der Waals surface area contributed by atoms with E-state index in [1.165, 1.54) is 18.4 Å². The van der Waals surface area contributed by atoms with Gasteiger partial charge in [0.15, 0.2) is 5.76 Å². The molecule has 0 saturated carbocycles. The number of halogens is 3. The Kier molecular flexibility index (Phi) is 5.82. The molecule has 1 N–H and O–H groups in total. The molecule has 33 heavy (non-hydrogen) atoms. The highest BCUT2D eigenvalue weighted by molar-refractivity contribution is 5.92. The van der Waals surface area contributed by atoms with E-state index < -0.39 is 28.6 Å². The molecule has 4 rings (SSSR count). The van der Waals surface area contributed by atoms with Crippen molar-refractivity contribution in [2.75, 3.05) is 38.1 Å². The van der Waals surface area contributed by atoms with Gasteiger partial charge in [0, 0.05) is 44.3 Å². The zero-order valence-electron chi connectivity index (χ0n) is 18.0. The zero-order valence-corrected chi connectivity index (χ0v) is 18.0. The number of carbonyl (C=O) groups is 2. The van der Waals surface area contributed by atoms with Gasteiger partial charge in [-0.25, -0.2) is 0 Å². The molecular formula is C23H23F3N4O3. The lowest BCUT2D eigenvalue weighted by atomic mass is 9.70. The quantitative estimate of drug-likeness (QED) is 0.760. The Bertz CT molecular complexity index is 1080. The lowest BCUT2D eigenvalue weighted by Gasteiger charge is -2.42. The molecule has 1 unspecified atom stereocenters. The molecule has 2 aromatic rings. The van der Waals surface area contributed by atoms with Crippen molar-refractivity contribution in [3.8, 4) is 6.07 Å². The van der Waals surface area contributed by atoms with Crippen molar-refractivity contribution in [1.82, 2.24) is 10.2 Å². The largest absolute Gasteiger partial charge is 0.459 e. The third-order valence-corrected chi connectivity index (χ3v) is 6.78. The number of rotatable bonds is 3. The maximum Gasteiger partial charge on any atom is 0.417 e. The summed E-state index contributed by atoms with van der Waals surface area (Å²) >= 11 is 0. The molecule has 2 saturated heterocycles. The second-order valence-electron chi connectivity index (χ2n) is 8.52. The van der Waals surface area contributed by atoms with Crippen molar-refractivity contribution in [2.45, 2.75) is 19.0 Å². The van der Waals surface area contributed by atoms with Crippen molar-refractivity contribution in [2.24, 2.45) is 11.3 Å².